The lowest BCUT2D eigenvalue weighted by Crippen LogP contribution is -2.49. The smallest absolute Gasteiger partial charge is 0.270 e. The SMILES string of the molecule is Cc1ccc2[nH]c(C(=O)N3CCN(CCN)CC3)c(C)c2c1. The van der Waals surface area contributed by atoms with Crippen molar-refractivity contribution in [3.63, 3.8) is 0 Å². The molecule has 3 N–H and O–H groups in total. The molecule has 118 valence electrons. The van der Waals surface area contributed by atoms with Gasteiger partial charge in [0.15, 0.2) is 0 Å². The van der Waals surface area contributed by atoms with Gasteiger partial charge in [-0.1, -0.05) is 11.6 Å². The molecule has 0 atom stereocenters. The second kappa shape index (κ2) is 6.10. The average molecular weight is 300 g/mol. The van der Waals surface area contributed by atoms with Crippen molar-refractivity contribution >= 4 is 16.8 Å². The third-order valence-electron chi connectivity index (χ3n) is 4.53. The molecule has 1 aromatic carbocycles. The lowest BCUT2D eigenvalue weighted by Gasteiger charge is -2.34. The molecule has 1 aliphatic rings. The summed E-state index contributed by atoms with van der Waals surface area (Å²) in [6.45, 7) is 9.03. The van der Waals surface area contributed by atoms with E-state index >= 15 is 0 Å². The summed E-state index contributed by atoms with van der Waals surface area (Å²) in [5.74, 6) is 0.110. The van der Waals surface area contributed by atoms with Crippen LogP contribution in [-0.2, 0) is 0 Å². The Morgan fingerprint density at radius 3 is 2.64 bits per heavy atom. The normalized spacial score (nSPS) is 16.4. The van der Waals surface area contributed by atoms with Crippen molar-refractivity contribution in [3.05, 3.63) is 35.0 Å². The zero-order valence-electron chi connectivity index (χ0n) is 13.4. The Labute approximate surface area is 131 Å². The molecule has 3 rings (SSSR count). The molecule has 1 fully saturated rings. The van der Waals surface area contributed by atoms with Crippen LogP contribution in [0.1, 0.15) is 21.6 Å². The average Bonchev–Trinajstić information content (AvgIpc) is 2.84. The van der Waals surface area contributed by atoms with Crippen molar-refractivity contribution in [3.8, 4) is 0 Å². The van der Waals surface area contributed by atoms with E-state index in [1.165, 1.54) is 5.56 Å². The number of carbonyl (C=O) groups excluding carboxylic acids is 1. The Hall–Kier alpha value is -1.85. The molecule has 0 unspecified atom stereocenters. The first kappa shape index (κ1) is 15.1. The van der Waals surface area contributed by atoms with Crippen LogP contribution < -0.4 is 5.73 Å². The van der Waals surface area contributed by atoms with Gasteiger partial charge in [0.25, 0.3) is 5.91 Å². The monoisotopic (exact) mass is 300 g/mol. The number of fused-ring (bicyclic) bond motifs is 1. The van der Waals surface area contributed by atoms with Gasteiger partial charge in [-0.15, -0.1) is 0 Å². The minimum Gasteiger partial charge on any atom is -0.350 e. The number of aromatic nitrogens is 1. The third kappa shape index (κ3) is 2.74. The van der Waals surface area contributed by atoms with Gasteiger partial charge in [-0.25, -0.2) is 0 Å². The highest BCUT2D eigenvalue weighted by Gasteiger charge is 2.24. The standard InChI is InChI=1S/C17H24N4O/c1-12-3-4-15-14(11-12)13(2)16(19-15)17(22)21-9-7-20(6-5-18)8-10-21/h3-4,11,19H,5-10,18H2,1-2H3. The van der Waals surface area contributed by atoms with E-state index in [1.54, 1.807) is 0 Å². The van der Waals surface area contributed by atoms with Crippen LogP contribution in [0.15, 0.2) is 18.2 Å². The molecule has 0 aliphatic carbocycles. The van der Waals surface area contributed by atoms with E-state index in [1.807, 2.05) is 17.9 Å². The van der Waals surface area contributed by atoms with Gasteiger partial charge in [0.1, 0.15) is 5.69 Å². The minimum atomic E-state index is 0.110. The third-order valence-corrected chi connectivity index (χ3v) is 4.53. The largest absolute Gasteiger partial charge is 0.350 e. The van der Waals surface area contributed by atoms with Gasteiger partial charge in [0, 0.05) is 50.2 Å². The zero-order chi connectivity index (χ0) is 15.7. The van der Waals surface area contributed by atoms with E-state index in [0.29, 0.717) is 6.54 Å². The lowest BCUT2D eigenvalue weighted by molar-refractivity contribution is 0.0635. The number of nitrogens with zero attached hydrogens (tertiary/aromatic N) is 2. The topological polar surface area (TPSA) is 65.4 Å². The van der Waals surface area contributed by atoms with Crippen molar-refractivity contribution in [2.45, 2.75) is 13.8 Å². The van der Waals surface area contributed by atoms with E-state index < -0.39 is 0 Å². The fraction of sp³-hybridized carbons (Fsp3) is 0.471. The van der Waals surface area contributed by atoms with Gasteiger partial charge >= 0.3 is 0 Å². The minimum absolute atomic E-state index is 0.110. The Bertz CT molecular complexity index is 683. The zero-order valence-corrected chi connectivity index (χ0v) is 13.4. The molecule has 2 heterocycles. The van der Waals surface area contributed by atoms with Gasteiger partial charge in [0.2, 0.25) is 0 Å². The van der Waals surface area contributed by atoms with Gasteiger partial charge in [0.05, 0.1) is 0 Å². The number of carbonyl (C=O) groups is 1. The van der Waals surface area contributed by atoms with Crippen molar-refractivity contribution in [1.29, 1.82) is 0 Å². The summed E-state index contributed by atoms with van der Waals surface area (Å²) in [5.41, 5.74) is 9.62. The fourth-order valence-electron chi connectivity index (χ4n) is 3.17. The Morgan fingerprint density at radius 2 is 1.95 bits per heavy atom. The number of piperazine rings is 1. The van der Waals surface area contributed by atoms with Crippen LogP contribution in [0.2, 0.25) is 0 Å². The first-order valence-electron chi connectivity index (χ1n) is 7.91. The van der Waals surface area contributed by atoms with Gasteiger partial charge in [-0.2, -0.15) is 0 Å². The summed E-state index contributed by atoms with van der Waals surface area (Å²) in [5, 5.41) is 1.14. The highest BCUT2D eigenvalue weighted by Crippen LogP contribution is 2.24. The van der Waals surface area contributed by atoms with E-state index in [4.69, 9.17) is 5.73 Å². The van der Waals surface area contributed by atoms with Crippen molar-refractivity contribution in [2.24, 2.45) is 5.73 Å². The van der Waals surface area contributed by atoms with E-state index in [2.05, 4.69) is 28.9 Å². The molecular formula is C17H24N4O. The van der Waals surface area contributed by atoms with E-state index in [9.17, 15) is 4.79 Å². The molecular weight excluding hydrogens is 276 g/mol. The van der Waals surface area contributed by atoms with Crippen LogP contribution in [0, 0.1) is 13.8 Å². The second-order valence-corrected chi connectivity index (χ2v) is 6.10. The highest BCUT2D eigenvalue weighted by atomic mass is 16.2. The van der Waals surface area contributed by atoms with Crippen molar-refractivity contribution in [1.82, 2.24) is 14.8 Å². The quantitative estimate of drug-likeness (QED) is 0.903. The molecule has 0 bridgehead atoms. The molecule has 1 aliphatic heterocycles. The number of hydrogen-bond donors (Lipinski definition) is 2. The van der Waals surface area contributed by atoms with Crippen LogP contribution in [0.3, 0.4) is 0 Å². The summed E-state index contributed by atoms with van der Waals surface area (Å²) in [6.07, 6.45) is 0. The summed E-state index contributed by atoms with van der Waals surface area (Å²) in [6, 6.07) is 6.25. The first-order chi connectivity index (χ1) is 10.6. The number of rotatable bonds is 3. The van der Waals surface area contributed by atoms with Crippen molar-refractivity contribution in [2.75, 3.05) is 39.3 Å². The van der Waals surface area contributed by atoms with E-state index in [0.717, 1.165) is 54.9 Å². The molecule has 5 nitrogen and oxygen atoms in total. The predicted octanol–water partition coefficient (Wildman–Crippen LogP) is 1.50. The summed E-state index contributed by atoms with van der Waals surface area (Å²) < 4.78 is 0. The maximum absolute atomic E-state index is 12.8. The molecule has 1 saturated heterocycles. The van der Waals surface area contributed by atoms with Gasteiger partial charge in [-0.05, 0) is 31.5 Å². The molecule has 1 aromatic heterocycles. The molecule has 1 amide bonds. The Kier molecular flexibility index (Phi) is 4.18. The molecule has 22 heavy (non-hydrogen) atoms. The van der Waals surface area contributed by atoms with Crippen LogP contribution in [0.4, 0.5) is 0 Å². The molecule has 5 heteroatoms. The number of nitrogens with two attached hydrogens (primary N) is 1. The first-order valence-corrected chi connectivity index (χ1v) is 7.91. The number of H-pyrrole nitrogens is 1. The molecule has 2 aromatic rings. The van der Waals surface area contributed by atoms with Crippen molar-refractivity contribution < 1.29 is 4.79 Å². The second-order valence-electron chi connectivity index (χ2n) is 6.10. The van der Waals surface area contributed by atoms with Gasteiger partial charge < -0.3 is 15.6 Å². The van der Waals surface area contributed by atoms with Crippen LogP contribution >= 0.6 is 0 Å². The predicted molar refractivity (Wildman–Crippen MR) is 89.2 cm³/mol. The maximum Gasteiger partial charge on any atom is 0.270 e. The fourth-order valence-corrected chi connectivity index (χ4v) is 3.17. The Morgan fingerprint density at radius 1 is 1.23 bits per heavy atom. The maximum atomic E-state index is 12.8. The van der Waals surface area contributed by atoms with Crippen LogP contribution in [-0.4, -0.2) is 60.0 Å². The number of aromatic amines is 1. The molecule has 0 radical (unpaired) electrons. The van der Waals surface area contributed by atoms with E-state index in [-0.39, 0.29) is 5.91 Å². The lowest BCUT2D eigenvalue weighted by atomic mass is 10.1. The molecule has 0 saturated carbocycles. The highest BCUT2D eigenvalue weighted by molar-refractivity contribution is 6.01. The van der Waals surface area contributed by atoms with Crippen LogP contribution in [0.25, 0.3) is 10.9 Å². The summed E-state index contributed by atoms with van der Waals surface area (Å²) in [7, 11) is 0. The van der Waals surface area contributed by atoms with Gasteiger partial charge in [-0.3, -0.25) is 9.69 Å². The number of amides is 1. The number of hydrogen-bond acceptors (Lipinski definition) is 3. The number of aryl methyl sites for hydroxylation is 2. The number of benzene rings is 1. The Balaban J connectivity index is 1.80. The summed E-state index contributed by atoms with van der Waals surface area (Å²) in [4.78, 5) is 20.3. The summed E-state index contributed by atoms with van der Waals surface area (Å²) >= 11 is 0. The number of nitrogens with one attached hydrogen (secondary N) is 1. The van der Waals surface area contributed by atoms with Crippen LogP contribution in [0.5, 0.6) is 0 Å². The molecule has 0 spiro atoms.